The van der Waals surface area contributed by atoms with E-state index < -0.39 is 0 Å². The summed E-state index contributed by atoms with van der Waals surface area (Å²) in [7, 11) is 0. The van der Waals surface area contributed by atoms with Crippen molar-refractivity contribution in [3.05, 3.63) is 60.4 Å². The van der Waals surface area contributed by atoms with Crippen LogP contribution in [-0.2, 0) is 0 Å². The first kappa shape index (κ1) is 16.3. The molecule has 1 aromatic carbocycles. The Morgan fingerprint density at radius 3 is 2.69 bits per heavy atom. The SMILES string of the molecule is O=C(c1cc(-c2ccccc2)on1)N1CCCN(c2cccnn2)CC1. The van der Waals surface area contributed by atoms with Gasteiger partial charge in [-0.15, -0.1) is 5.10 Å². The fourth-order valence-corrected chi connectivity index (χ4v) is 3.09. The number of amides is 1. The molecule has 0 unspecified atom stereocenters. The van der Waals surface area contributed by atoms with Crippen LogP contribution in [0.3, 0.4) is 0 Å². The highest BCUT2D eigenvalue weighted by molar-refractivity contribution is 5.93. The number of benzene rings is 1. The fraction of sp³-hybridized carbons (Fsp3) is 0.263. The second kappa shape index (κ2) is 7.35. The minimum absolute atomic E-state index is 0.100. The molecule has 0 saturated carbocycles. The molecule has 1 aliphatic heterocycles. The van der Waals surface area contributed by atoms with Gasteiger partial charge in [0.2, 0.25) is 0 Å². The van der Waals surface area contributed by atoms with Gasteiger partial charge < -0.3 is 14.3 Å². The van der Waals surface area contributed by atoms with E-state index in [2.05, 4.69) is 20.3 Å². The molecule has 1 aliphatic rings. The molecule has 2 aromatic heterocycles. The van der Waals surface area contributed by atoms with Crippen LogP contribution >= 0.6 is 0 Å². The number of nitrogens with zero attached hydrogens (tertiary/aromatic N) is 5. The van der Waals surface area contributed by atoms with E-state index in [4.69, 9.17) is 4.52 Å². The van der Waals surface area contributed by atoms with E-state index in [9.17, 15) is 4.79 Å². The van der Waals surface area contributed by atoms with Gasteiger partial charge in [0, 0.05) is 44.0 Å². The maximum atomic E-state index is 12.8. The van der Waals surface area contributed by atoms with Gasteiger partial charge in [0.05, 0.1) is 0 Å². The van der Waals surface area contributed by atoms with Crippen LogP contribution in [-0.4, -0.2) is 52.3 Å². The van der Waals surface area contributed by atoms with Crippen LogP contribution in [0.5, 0.6) is 0 Å². The first-order chi connectivity index (χ1) is 12.8. The summed E-state index contributed by atoms with van der Waals surface area (Å²) in [6.45, 7) is 2.86. The number of hydrogen-bond acceptors (Lipinski definition) is 6. The number of carbonyl (C=O) groups excluding carboxylic acids is 1. The van der Waals surface area contributed by atoms with Crippen molar-refractivity contribution in [1.82, 2.24) is 20.3 Å². The van der Waals surface area contributed by atoms with E-state index in [0.29, 0.717) is 31.1 Å². The minimum atomic E-state index is -0.100. The Bertz CT molecular complexity index is 866. The summed E-state index contributed by atoms with van der Waals surface area (Å²) in [5.41, 5.74) is 1.25. The van der Waals surface area contributed by atoms with Crippen LogP contribution in [0, 0.1) is 0 Å². The minimum Gasteiger partial charge on any atom is -0.355 e. The average molecular weight is 349 g/mol. The lowest BCUT2D eigenvalue weighted by Gasteiger charge is -2.21. The Hall–Kier alpha value is -3.22. The van der Waals surface area contributed by atoms with E-state index in [1.807, 2.05) is 47.4 Å². The van der Waals surface area contributed by atoms with Crippen LogP contribution in [0.1, 0.15) is 16.9 Å². The molecule has 7 nitrogen and oxygen atoms in total. The van der Waals surface area contributed by atoms with Gasteiger partial charge in [0.25, 0.3) is 5.91 Å². The molecule has 7 heteroatoms. The highest BCUT2D eigenvalue weighted by atomic mass is 16.5. The Morgan fingerprint density at radius 2 is 1.88 bits per heavy atom. The molecule has 3 heterocycles. The van der Waals surface area contributed by atoms with Crippen molar-refractivity contribution in [3.63, 3.8) is 0 Å². The molecule has 0 atom stereocenters. The summed E-state index contributed by atoms with van der Waals surface area (Å²) in [6.07, 6.45) is 2.53. The summed E-state index contributed by atoms with van der Waals surface area (Å²) in [5.74, 6) is 1.34. The molecule has 26 heavy (non-hydrogen) atoms. The lowest BCUT2D eigenvalue weighted by Crippen LogP contribution is -2.35. The predicted octanol–water partition coefficient (Wildman–Crippen LogP) is 2.48. The summed E-state index contributed by atoms with van der Waals surface area (Å²) < 4.78 is 5.36. The standard InChI is InChI=1S/C19H19N5O2/c25-19(16-14-17(26-22-16)15-6-2-1-3-7-15)24-11-5-10-23(12-13-24)18-8-4-9-20-21-18/h1-4,6-9,14H,5,10-13H2. The van der Waals surface area contributed by atoms with E-state index in [0.717, 1.165) is 24.3 Å². The fourth-order valence-electron chi connectivity index (χ4n) is 3.09. The van der Waals surface area contributed by atoms with E-state index in [1.54, 1.807) is 12.3 Å². The number of hydrogen-bond donors (Lipinski definition) is 0. The monoisotopic (exact) mass is 349 g/mol. The van der Waals surface area contributed by atoms with Gasteiger partial charge in [-0.25, -0.2) is 0 Å². The topological polar surface area (TPSA) is 75.4 Å². The summed E-state index contributed by atoms with van der Waals surface area (Å²) >= 11 is 0. The normalized spacial score (nSPS) is 14.9. The van der Waals surface area contributed by atoms with Crippen molar-refractivity contribution in [2.75, 3.05) is 31.1 Å². The molecule has 0 N–H and O–H groups in total. The Balaban J connectivity index is 1.45. The quantitative estimate of drug-likeness (QED) is 0.723. The zero-order valence-corrected chi connectivity index (χ0v) is 14.3. The van der Waals surface area contributed by atoms with Gasteiger partial charge >= 0.3 is 0 Å². The zero-order valence-electron chi connectivity index (χ0n) is 14.3. The van der Waals surface area contributed by atoms with Gasteiger partial charge in [-0.3, -0.25) is 4.79 Å². The Labute approximate surface area is 151 Å². The van der Waals surface area contributed by atoms with E-state index >= 15 is 0 Å². The van der Waals surface area contributed by atoms with Crippen molar-refractivity contribution in [2.24, 2.45) is 0 Å². The molecular weight excluding hydrogens is 330 g/mol. The van der Waals surface area contributed by atoms with Crippen molar-refractivity contribution >= 4 is 11.7 Å². The summed E-state index contributed by atoms with van der Waals surface area (Å²) in [5, 5.41) is 12.1. The van der Waals surface area contributed by atoms with Crippen molar-refractivity contribution < 1.29 is 9.32 Å². The van der Waals surface area contributed by atoms with Crippen LogP contribution in [0.25, 0.3) is 11.3 Å². The highest BCUT2D eigenvalue weighted by Gasteiger charge is 2.23. The van der Waals surface area contributed by atoms with Gasteiger partial charge in [-0.1, -0.05) is 35.5 Å². The van der Waals surface area contributed by atoms with Gasteiger partial charge in [0.15, 0.2) is 17.3 Å². The van der Waals surface area contributed by atoms with Crippen LogP contribution in [0.15, 0.2) is 59.3 Å². The first-order valence-electron chi connectivity index (χ1n) is 8.65. The molecule has 1 amide bonds. The van der Waals surface area contributed by atoms with Crippen LogP contribution in [0.4, 0.5) is 5.82 Å². The molecule has 3 aromatic rings. The lowest BCUT2D eigenvalue weighted by atomic mass is 10.1. The largest absolute Gasteiger partial charge is 0.355 e. The van der Waals surface area contributed by atoms with E-state index in [1.165, 1.54) is 0 Å². The smallest absolute Gasteiger partial charge is 0.276 e. The third kappa shape index (κ3) is 3.42. The maximum Gasteiger partial charge on any atom is 0.276 e. The third-order valence-electron chi connectivity index (χ3n) is 4.45. The molecule has 1 saturated heterocycles. The predicted molar refractivity (Wildman–Crippen MR) is 96.7 cm³/mol. The number of carbonyl (C=O) groups is 1. The lowest BCUT2D eigenvalue weighted by molar-refractivity contribution is 0.0756. The van der Waals surface area contributed by atoms with Crippen LogP contribution in [0.2, 0.25) is 0 Å². The Kier molecular flexibility index (Phi) is 4.59. The number of anilines is 1. The third-order valence-corrected chi connectivity index (χ3v) is 4.45. The zero-order chi connectivity index (χ0) is 17.8. The molecule has 4 rings (SSSR count). The Morgan fingerprint density at radius 1 is 1.00 bits per heavy atom. The molecule has 0 aliphatic carbocycles. The number of aromatic nitrogens is 3. The molecule has 0 spiro atoms. The summed E-state index contributed by atoms with van der Waals surface area (Å²) in [6, 6.07) is 15.2. The molecule has 0 radical (unpaired) electrons. The summed E-state index contributed by atoms with van der Waals surface area (Å²) in [4.78, 5) is 16.8. The molecule has 132 valence electrons. The second-order valence-electron chi connectivity index (χ2n) is 6.16. The van der Waals surface area contributed by atoms with Gasteiger partial charge in [-0.2, -0.15) is 5.10 Å². The average Bonchev–Trinajstić information content (AvgIpc) is 3.07. The van der Waals surface area contributed by atoms with Gasteiger partial charge in [0.1, 0.15) is 0 Å². The highest BCUT2D eigenvalue weighted by Crippen LogP contribution is 2.21. The molecular formula is C19H19N5O2. The van der Waals surface area contributed by atoms with Crippen molar-refractivity contribution in [1.29, 1.82) is 0 Å². The maximum absolute atomic E-state index is 12.8. The molecule has 0 bridgehead atoms. The van der Waals surface area contributed by atoms with E-state index in [-0.39, 0.29) is 5.91 Å². The van der Waals surface area contributed by atoms with Crippen molar-refractivity contribution in [3.8, 4) is 11.3 Å². The van der Waals surface area contributed by atoms with Crippen molar-refractivity contribution in [2.45, 2.75) is 6.42 Å². The second-order valence-corrected chi connectivity index (χ2v) is 6.16. The first-order valence-corrected chi connectivity index (χ1v) is 8.65. The number of rotatable bonds is 3. The molecule has 1 fully saturated rings. The van der Waals surface area contributed by atoms with Crippen LogP contribution < -0.4 is 4.90 Å². The van der Waals surface area contributed by atoms with Gasteiger partial charge in [-0.05, 0) is 18.6 Å².